The molecule has 0 aliphatic heterocycles. The Kier molecular flexibility index (Phi) is 5.34. The van der Waals surface area contributed by atoms with E-state index in [1.54, 1.807) is 0 Å². The predicted octanol–water partition coefficient (Wildman–Crippen LogP) is 2.48. The van der Waals surface area contributed by atoms with Crippen LogP contribution in [0.1, 0.15) is 45.4 Å². The highest BCUT2D eigenvalue weighted by atomic mass is 16.3. The Hall–Kier alpha value is -0.340. The molecule has 1 aliphatic carbocycles. The third-order valence-electron chi connectivity index (χ3n) is 3.42. The summed E-state index contributed by atoms with van der Waals surface area (Å²) in [6.07, 6.45) is 8.39. The van der Waals surface area contributed by atoms with Crippen molar-refractivity contribution < 1.29 is 5.11 Å². The van der Waals surface area contributed by atoms with Crippen LogP contribution < -0.4 is 5.32 Å². The Balaban J connectivity index is 2.11. The van der Waals surface area contributed by atoms with Crippen molar-refractivity contribution in [2.75, 3.05) is 13.1 Å². The summed E-state index contributed by atoms with van der Waals surface area (Å²) >= 11 is 0. The summed E-state index contributed by atoms with van der Waals surface area (Å²) in [5, 5.41) is 13.6. The summed E-state index contributed by atoms with van der Waals surface area (Å²) in [7, 11) is 0. The largest absolute Gasteiger partial charge is 0.389 e. The van der Waals surface area contributed by atoms with Crippen molar-refractivity contribution in [3.05, 3.63) is 12.7 Å². The fourth-order valence-electron chi connectivity index (χ4n) is 2.17. The Morgan fingerprint density at radius 2 is 2.13 bits per heavy atom. The van der Waals surface area contributed by atoms with Crippen LogP contribution in [-0.4, -0.2) is 23.8 Å². The van der Waals surface area contributed by atoms with Gasteiger partial charge in [-0.1, -0.05) is 13.0 Å². The molecule has 0 radical (unpaired) electrons. The molecule has 1 rings (SSSR count). The lowest BCUT2D eigenvalue weighted by atomic mass is 9.79. The van der Waals surface area contributed by atoms with Gasteiger partial charge in [0.1, 0.15) is 0 Å². The fraction of sp³-hybridized carbons (Fsp3) is 0.846. The second kappa shape index (κ2) is 6.29. The van der Waals surface area contributed by atoms with Crippen molar-refractivity contribution in [3.8, 4) is 0 Å². The van der Waals surface area contributed by atoms with Gasteiger partial charge in [-0.05, 0) is 51.0 Å². The third-order valence-corrected chi connectivity index (χ3v) is 3.42. The van der Waals surface area contributed by atoms with Crippen molar-refractivity contribution in [1.82, 2.24) is 5.32 Å². The maximum atomic E-state index is 10.3. The monoisotopic (exact) mass is 211 g/mol. The highest BCUT2D eigenvalue weighted by Crippen LogP contribution is 2.31. The molecule has 0 spiro atoms. The number of hydrogen-bond donors (Lipinski definition) is 2. The number of hydrogen-bond acceptors (Lipinski definition) is 2. The minimum atomic E-state index is -0.430. The quantitative estimate of drug-likeness (QED) is 0.522. The van der Waals surface area contributed by atoms with E-state index in [0.717, 1.165) is 44.7 Å². The highest BCUT2D eigenvalue weighted by molar-refractivity contribution is 4.86. The second-order valence-corrected chi connectivity index (χ2v) is 5.01. The molecule has 1 fully saturated rings. The molecule has 1 aliphatic rings. The Morgan fingerprint density at radius 1 is 1.47 bits per heavy atom. The molecular weight excluding hydrogens is 186 g/mol. The van der Waals surface area contributed by atoms with Gasteiger partial charge in [0.15, 0.2) is 0 Å². The minimum absolute atomic E-state index is 0.430. The zero-order chi connectivity index (χ0) is 11.1. The van der Waals surface area contributed by atoms with Crippen LogP contribution in [0, 0.1) is 5.92 Å². The molecule has 0 aromatic heterocycles. The Morgan fingerprint density at radius 3 is 2.73 bits per heavy atom. The first-order chi connectivity index (χ1) is 7.16. The van der Waals surface area contributed by atoms with Gasteiger partial charge in [0, 0.05) is 6.54 Å². The number of allylic oxidation sites excluding steroid dienone is 1. The molecule has 15 heavy (non-hydrogen) atoms. The van der Waals surface area contributed by atoms with E-state index in [-0.39, 0.29) is 0 Å². The van der Waals surface area contributed by atoms with E-state index in [1.807, 2.05) is 6.08 Å². The first-order valence-corrected chi connectivity index (χ1v) is 6.20. The standard InChI is InChI=1S/C13H25NO/c1-3-4-5-10-14-11-13(15)8-6-12(2)7-9-13/h3,12,14-15H,1,4-11H2,2H3. The third kappa shape index (κ3) is 4.80. The lowest BCUT2D eigenvalue weighted by Gasteiger charge is -2.35. The molecule has 0 unspecified atom stereocenters. The molecular formula is C13H25NO. The minimum Gasteiger partial charge on any atom is -0.389 e. The van der Waals surface area contributed by atoms with E-state index < -0.39 is 5.60 Å². The van der Waals surface area contributed by atoms with Crippen molar-refractivity contribution >= 4 is 0 Å². The summed E-state index contributed by atoms with van der Waals surface area (Å²) in [6.45, 7) is 7.72. The van der Waals surface area contributed by atoms with Crippen LogP contribution in [0.25, 0.3) is 0 Å². The normalized spacial score (nSPS) is 31.5. The molecule has 2 nitrogen and oxygen atoms in total. The molecule has 88 valence electrons. The van der Waals surface area contributed by atoms with Gasteiger partial charge in [-0.15, -0.1) is 6.58 Å². The lowest BCUT2D eigenvalue weighted by molar-refractivity contribution is -0.00591. The number of rotatable bonds is 6. The molecule has 0 bridgehead atoms. The Labute approximate surface area is 93.8 Å². The second-order valence-electron chi connectivity index (χ2n) is 5.01. The van der Waals surface area contributed by atoms with Crippen LogP contribution in [0.15, 0.2) is 12.7 Å². The molecule has 0 atom stereocenters. The molecule has 0 heterocycles. The maximum Gasteiger partial charge on any atom is 0.0771 e. The van der Waals surface area contributed by atoms with Crippen LogP contribution in [0.2, 0.25) is 0 Å². The van der Waals surface area contributed by atoms with Crippen LogP contribution in [-0.2, 0) is 0 Å². The molecule has 1 saturated carbocycles. The molecule has 2 N–H and O–H groups in total. The SMILES string of the molecule is C=CCCCNCC1(O)CCC(C)CC1. The summed E-state index contributed by atoms with van der Waals surface area (Å²) in [5.41, 5.74) is -0.430. The molecule has 0 saturated heterocycles. The van der Waals surface area contributed by atoms with Crippen molar-refractivity contribution in [2.24, 2.45) is 5.92 Å². The first-order valence-electron chi connectivity index (χ1n) is 6.20. The van der Waals surface area contributed by atoms with Gasteiger partial charge in [-0.3, -0.25) is 0 Å². The van der Waals surface area contributed by atoms with Crippen LogP contribution in [0.3, 0.4) is 0 Å². The van der Waals surface area contributed by atoms with Crippen LogP contribution >= 0.6 is 0 Å². The van der Waals surface area contributed by atoms with E-state index >= 15 is 0 Å². The van der Waals surface area contributed by atoms with Gasteiger partial charge in [-0.2, -0.15) is 0 Å². The van der Waals surface area contributed by atoms with Crippen LogP contribution in [0.4, 0.5) is 0 Å². The van der Waals surface area contributed by atoms with E-state index in [4.69, 9.17) is 0 Å². The average Bonchev–Trinajstić information content (AvgIpc) is 2.23. The summed E-state index contributed by atoms with van der Waals surface area (Å²) in [5.74, 6) is 0.797. The van der Waals surface area contributed by atoms with E-state index in [0.29, 0.717) is 0 Å². The van der Waals surface area contributed by atoms with Gasteiger partial charge in [0.2, 0.25) is 0 Å². The highest BCUT2D eigenvalue weighted by Gasteiger charge is 2.30. The van der Waals surface area contributed by atoms with Gasteiger partial charge < -0.3 is 10.4 Å². The number of unbranched alkanes of at least 4 members (excludes halogenated alkanes) is 1. The molecule has 2 heteroatoms. The smallest absolute Gasteiger partial charge is 0.0771 e. The molecule has 0 aromatic carbocycles. The van der Waals surface area contributed by atoms with Gasteiger partial charge in [0.05, 0.1) is 5.60 Å². The lowest BCUT2D eigenvalue weighted by Crippen LogP contribution is -2.43. The number of nitrogens with one attached hydrogen (secondary N) is 1. The topological polar surface area (TPSA) is 32.3 Å². The van der Waals surface area contributed by atoms with Crippen molar-refractivity contribution in [3.63, 3.8) is 0 Å². The number of aliphatic hydroxyl groups is 1. The van der Waals surface area contributed by atoms with Crippen molar-refractivity contribution in [2.45, 2.75) is 51.0 Å². The van der Waals surface area contributed by atoms with Gasteiger partial charge in [-0.25, -0.2) is 0 Å². The van der Waals surface area contributed by atoms with E-state index in [9.17, 15) is 5.11 Å². The van der Waals surface area contributed by atoms with Gasteiger partial charge in [0.25, 0.3) is 0 Å². The van der Waals surface area contributed by atoms with E-state index in [1.165, 1.54) is 12.8 Å². The zero-order valence-electron chi connectivity index (χ0n) is 9.97. The fourth-order valence-corrected chi connectivity index (χ4v) is 2.17. The molecule has 0 aromatic rings. The molecule has 0 amide bonds. The van der Waals surface area contributed by atoms with E-state index in [2.05, 4.69) is 18.8 Å². The average molecular weight is 211 g/mol. The zero-order valence-corrected chi connectivity index (χ0v) is 9.97. The summed E-state index contributed by atoms with van der Waals surface area (Å²) < 4.78 is 0. The Bertz CT molecular complexity index is 183. The van der Waals surface area contributed by atoms with Crippen LogP contribution in [0.5, 0.6) is 0 Å². The maximum absolute atomic E-state index is 10.3. The summed E-state index contributed by atoms with van der Waals surface area (Å²) in [6, 6.07) is 0. The van der Waals surface area contributed by atoms with Crippen molar-refractivity contribution in [1.29, 1.82) is 0 Å². The summed E-state index contributed by atoms with van der Waals surface area (Å²) in [4.78, 5) is 0. The predicted molar refractivity (Wildman–Crippen MR) is 64.9 cm³/mol. The van der Waals surface area contributed by atoms with Gasteiger partial charge >= 0.3 is 0 Å². The first kappa shape index (κ1) is 12.7.